The Hall–Kier alpha value is -3.42. The van der Waals surface area contributed by atoms with Crippen LogP contribution in [0.4, 0.5) is 5.69 Å². The van der Waals surface area contributed by atoms with Crippen molar-refractivity contribution in [2.45, 2.75) is 12.8 Å². The number of carbonyl (C=O) groups excluding carboxylic acids is 2. The summed E-state index contributed by atoms with van der Waals surface area (Å²) in [5.41, 5.74) is 1.39. The SMILES string of the molecule is O=C(CCCNC(=O)c1ccco1)Nc1ccccc1-n1cncn1. The largest absolute Gasteiger partial charge is 0.459 e. The molecule has 2 aromatic heterocycles. The Balaban J connectivity index is 1.48. The van der Waals surface area contributed by atoms with Crippen LogP contribution in [0.15, 0.2) is 59.7 Å². The first-order valence-corrected chi connectivity index (χ1v) is 7.79. The van der Waals surface area contributed by atoms with Crippen LogP contribution in [0.3, 0.4) is 0 Å². The third-order valence-corrected chi connectivity index (χ3v) is 3.45. The number of aromatic nitrogens is 3. The highest BCUT2D eigenvalue weighted by atomic mass is 16.3. The Morgan fingerprint density at radius 3 is 2.80 bits per heavy atom. The van der Waals surface area contributed by atoms with Crippen LogP contribution in [0.2, 0.25) is 0 Å². The molecule has 0 atom stereocenters. The van der Waals surface area contributed by atoms with Gasteiger partial charge in [-0.1, -0.05) is 12.1 Å². The molecule has 0 fully saturated rings. The fourth-order valence-corrected chi connectivity index (χ4v) is 2.27. The summed E-state index contributed by atoms with van der Waals surface area (Å²) in [6.45, 7) is 0.387. The smallest absolute Gasteiger partial charge is 0.286 e. The zero-order chi connectivity index (χ0) is 17.5. The summed E-state index contributed by atoms with van der Waals surface area (Å²) in [4.78, 5) is 27.7. The highest BCUT2D eigenvalue weighted by Gasteiger charge is 2.10. The number of rotatable bonds is 7. The molecule has 0 saturated heterocycles. The topological polar surface area (TPSA) is 102 Å². The van der Waals surface area contributed by atoms with E-state index in [0.717, 1.165) is 5.69 Å². The highest BCUT2D eigenvalue weighted by molar-refractivity contribution is 5.93. The maximum atomic E-state index is 12.1. The van der Waals surface area contributed by atoms with Gasteiger partial charge in [0.05, 0.1) is 17.6 Å². The summed E-state index contributed by atoms with van der Waals surface area (Å²) in [5, 5.41) is 9.63. The second kappa shape index (κ2) is 7.91. The van der Waals surface area contributed by atoms with Gasteiger partial charge >= 0.3 is 0 Å². The number of anilines is 1. The summed E-state index contributed by atoms with van der Waals surface area (Å²) in [5.74, 6) is -0.173. The van der Waals surface area contributed by atoms with E-state index in [2.05, 4.69) is 20.7 Å². The quantitative estimate of drug-likeness (QED) is 0.641. The molecule has 2 heterocycles. The zero-order valence-electron chi connectivity index (χ0n) is 13.4. The Bertz CT molecular complexity index is 828. The standard InChI is InChI=1S/C17H17N5O3/c23-16(8-3-9-19-17(24)15-7-4-10-25-15)21-13-5-1-2-6-14(13)22-12-18-11-20-22/h1-2,4-7,10-12H,3,8-9H2,(H,19,24)(H,21,23). The van der Waals surface area contributed by atoms with Gasteiger partial charge in [-0.05, 0) is 30.7 Å². The molecule has 8 nitrogen and oxygen atoms in total. The van der Waals surface area contributed by atoms with Gasteiger partial charge in [0, 0.05) is 13.0 Å². The van der Waals surface area contributed by atoms with E-state index in [1.165, 1.54) is 12.6 Å². The molecule has 3 aromatic rings. The van der Waals surface area contributed by atoms with E-state index in [1.54, 1.807) is 29.2 Å². The number of furan rings is 1. The van der Waals surface area contributed by atoms with Crippen LogP contribution in [0.1, 0.15) is 23.4 Å². The number of amides is 2. The Labute approximate surface area is 143 Å². The molecule has 0 aliphatic carbocycles. The fraction of sp³-hybridized carbons (Fsp3) is 0.176. The lowest BCUT2D eigenvalue weighted by atomic mass is 10.2. The Morgan fingerprint density at radius 1 is 1.16 bits per heavy atom. The van der Waals surface area contributed by atoms with Gasteiger partial charge in [0.2, 0.25) is 5.91 Å². The van der Waals surface area contributed by atoms with Crippen LogP contribution in [0.25, 0.3) is 5.69 Å². The lowest BCUT2D eigenvalue weighted by Gasteiger charge is -2.10. The molecule has 0 unspecified atom stereocenters. The van der Waals surface area contributed by atoms with Gasteiger partial charge in [-0.3, -0.25) is 9.59 Å². The fourth-order valence-electron chi connectivity index (χ4n) is 2.27. The normalized spacial score (nSPS) is 10.4. The summed E-state index contributed by atoms with van der Waals surface area (Å²) in [6.07, 6.45) is 5.23. The monoisotopic (exact) mass is 339 g/mol. The van der Waals surface area contributed by atoms with E-state index in [-0.39, 0.29) is 24.0 Å². The first kappa shape index (κ1) is 16.4. The molecule has 128 valence electrons. The minimum atomic E-state index is -0.290. The summed E-state index contributed by atoms with van der Waals surface area (Å²) in [6, 6.07) is 10.6. The molecular formula is C17H17N5O3. The molecule has 0 aliphatic rings. The molecule has 2 N–H and O–H groups in total. The second-order valence-corrected chi connectivity index (χ2v) is 5.24. The number of carbonyl (C=O) groups is 2. The van der Waals surface area contributed by atoms with Crippen molar-refractivity contribution < 1.29 is 14.0 Å². The van der Waals surface area contributed by atoms with Crippen molar-refractivity contribution >= 4 is 17.5 Å². The van der Waals surface area contributed by atoms with Gasteiger partial charge in [-0.2, -0.15) is 5.10 Å². The van der Waals surface area contributed by atoms with Crippen molar-refractivity contribution in [3.8, 4) is 5.69 Å². The molecule has 0 saturated carbocycles. The lowest BCUT2D eigenvalue weighted by molar-refractivity contribution is -0.116. The Kier molecular flexibility index (Phi) is 5.20. The number of benzene rings is 1. The van der Waals surface area contributed by atoms with Crippen molar-refractivity contribution in [1.29, 1.82) is 0 Å². The van der Waals surface area contributed by atoms with E-state index in [9.17, 15) is 9.59 Å². The molecule has 0 aliphatic heterocycles. The number of nitrogens with zero attached hydrogens (tertiary/aromatic N) is 3. The molecule has 8 heteroatoms. The number of para-hydroxylation sites is 2. The first-order valence-electron chi connectivity index (χ1n) is 7.79. The molecule has 0 radical (unpaired) electrons. The first-order chi connectivity index (χ1) is 12.2. The average Bonchev–Trinajstić information content (AvgIpc) is 3.32. The van der Waals surface area contributed by atoms with E-state index in [0.29, 0.717) is 18.7 Å². The van der Waals surface area contributed by atoms with Crippen LogP contribution in [-0.2, 0) is 4.79 Å². The number of nitrogens with one attached hydrogen (secondary N) is 2. The molecule has 1 aromatic carbocycles. The summed E-state index contributed by atoms with van der Waals surface area (Å²) >= 11 is 0. The molecule has 0 bridgehead atoms. The van der Waals surface area contributed by atoms with Gasteiger partial charge in [-0.25, -0.2) is 9.67 Å². The molecule has 3 rings (SSSR count). The van der Waals surface area contributed by atoms with E-state index in [1.807, 2.05) is 18.2 Å². The lowest BCUT2D eigenvalue weighted by Crippen LogP contribution is -2.25. The zero-order valence-corrected chi connectivity index (χ0v) is 13.4. The van der Waals surface area contributed by atoms with Gasteiger partial charge in [0.15, 0.2) is 5.76 Å². The van der Waals surface area contributed by atoms with E-state index < -0.39 is 0 Å². The molecular weight excluding hydrogens is 322 g/mol. The van der Waals surface area contributed by atoms with Gasteiger partial charge in [0.1, 0.15) is 12.7 Å². The van der Waals surface area contributed by atoms with Gasteiger partial charge < -0.3 is 15.1 Å². The van der Waals surface area contributed by atoms with Crippen molar-refractivity contribution in [3.05, 3.63) is 61.1 Å². The minimum absolute atomic E-state index is 0.139. The van der Waals surface area contributed by atoms with E-state index >= 15 is 0 Å². The maximum Gasteiger partial charge on any atom is 0.286 e. The van der Waals surface area contributed by atoms with Gasteiger partial charge in [-0.15, -0.1) is 0 Å². The average molecular weight is 339 g/mol. The van der Waals surface area contributed by atoms with Crippen molar-refractivity contribution in [2.75, 3.05) is 11.9 Å². The number of hydrogen-bond acceptors (Lipinski definition) is 5. The van der Waals surface area contributed by atoms with Crippen molar-refractivity contribution in [1.82, 2.24) is 20.1 Å². The van der Waals surface area contributed by atoms with Crippen LogP contribution in [0, 0.1) is 0 Å². The minimum Gasteiger partial charge on any atom is -0.459 e. The number of hydrogen-bond donors (Lipinski definition) is 2. The molecule has 0 spiro atoms. The van der Waals surface area contributed by atoms with Crippen LogP contribution in [0.5, 0.6) is 0 Å². The summed E-state index contributed by atoms with van der Waals surface area (Å²) < 4.78 is 6.58. The predicted octanol–water partition coefficient (Wildman–Crippen LogP) is 2.01. The van der Waals surface area contributed by atoms with Crippen molar-refractivity contribution in [3.63, 3.8) is 0 Å². The van der Waals surface area contributed by atoms with Gasteiger partial charge in [0.25, 0.3) is 5.91 Å². The molecule has 2 amide bonds. The predicted molar refractivity (Wildman–Crippen MR) is 90.3 cm³/mol. The Morgan fingerprint density at radius 2 is 2.04 bits per heavy atom. The second-order valence-electron chi connectivity index (χ2n) is 5.24. The van der Waals surface area contributed by atoms with Crippen LogP contribution < -0.4 is 10.6 Å². The van der Waals surface area contributed by atoms with Crippen LogP contribution in [-0.4, -0.2) is 33.1 Å². The maximum absolute atomic E-state index is 12.1. The molecule has 25 heavy (non-hydrogen) atoms. The third-order valence-electron chi connectivity index (χ3n) is 3.45. The van der Waals surface area contributed by atoms with Crippen molar-refractivity contribution in [2.24, 2.45) is 0 Å². The van der Waals surface area contributed by atoms with E-state index in [4.69, 9.17) is 4.42 Å². The van der Waals surface area contributed by atoms with Crippen LogP contribution >= 0.6 is 0 Å². The highest BCUT2D eigenvalue weighted by Crippen LogP contribution is 2.18. The summed E-state index contributed by atoms with van der Waals surface area (Å²) in [7, 11) is 0. The third kappa shape index (κ3) is 4.31.